The van der Waals surface area contributed by atoms with Crippen molar-refractivity contribution >= 4 is 12.1 Å². The Labute approximate surface area is 150 Å². The lowest BCUT2D eigenvalue weighted by Crippen LogP contribution is -2.24. The first kappa shape index (κ1) is 18.2. The van der Waals surface area contributed by atoms with Crippen LogP contribution in [0.15, 0.2) is 53.9 Å². The quantitative estimate of drug-likeness (QED) is 0.543. The number of tetrazole rings is 1. The number of halogens is 3. The van der Waals surface area contributed by atoms with Gasteiger partial charge in [0, 0.05) is 18.0 Å². The Kier molecular flexibility index (Phi) is 5.20. The molecule has 3 aromatic rings. The van der Waals surface area contributed by atoms with Crippen molar-refractivity contribution in [1.29, 1.82) is 0 Å². The third kappa shape index (κ3) is 4.93. The van der Waals surface area contributed by atoms with E-state index in [4.69, 9.17) is 0 Å². The number of hydrogen-bond acceptors (Lipinski definition) is 6. The van der Waals surface area contributed by atoms with E-state index in [1.165, 1.54) is 18.3 Å². The van der Waals surface area contributed by atoms with Crippen LogP contribution >= 0.6 is 0 Å². The summed E-state index contributed by atoms with van der Waals surface area (Å²) < 4.78 is 38.3. The number of hydrogen-bond donors (Lipinski definition) is 1. The number of alkyl halides is 3. The Morgan fingerprint density at radius 2 is 2.00 bits per heavy atom. The molecule has 27 heavy (non-hydrogen) atoms. The van der Waals surface area contributed by atoms with Crippen LogP contribution in [-0.2, 0) is 17.5 Å². The van der Waals surface area contributed by atoms with Crippen molar-refractivity contribution in [3.05, 3.63) is 59.9 Å². The molecule has 1 amide bonds. The number of pyridine rings is 1. The molecule has 0 spiro atoms. The molecule has 2 heterocycles. The molecule has 0 radical (unpaired) electrons. The molecule has 0 atom stereocenters. The van der Waals surface area contributed by atoms with E-state index in [0.29, 0.717) is 0 Å². The molecule has 0 saturated carbocycles. The lowest BCUT2D eigenvalue weighted by Gasteiger charge is -2.06. The predicted octanol–water partition coefficient (Wildman–Crippen LogP) is 1.90. The average molecular weight is 375 g/mol. The SMILES string of the molecule is O=C(Cn1nnc(-c2cccc(C(F)(F)F)c2)n1)N/N=C\c1ccncc1. The number of carbonyl (C=O) groups excluding carboxylic acids is 1. The number of amides is 1. The van der Waals surface area contributed by atoms with Crippen molar-refractivity contribution in [2.75, 3.05) is 0 Å². The molecule has 11 heteroatoms. The van der Waals surface area contributed by atoms with Crippen LogP contribution in [0.25, 0.3) is 11.4 Å². The van der Waals surface area contributed by atoms with E-state index in [9.17, 15) is 18.0 Å². The minimum atomic E-state index is -4.47. The van der Waals surface area contributed by atoms with Gasteiger partial charge in [-0.15, -0.1) is 10.2 Å². The zero-order valence-corrected chi connectivity index (χ0v) is 13.6. The summed E-state index contributed by atoms with van der Waals surface area (Å²) in [7, 11) is 0. The largest absolute Gasteiger partial charge is 0.416 e. The van der Waals surface area contributed by atoms with Crippen molar-refractivity contribution in [3.8, 4) is 11.4 Å². The summed E-state index contributed by atoms with van der Waals surface area (Å²) in [4.78, 5) is 16.6. The Hall–Kier alpha value is -3.63. The number of aromatic nitrogens is 5. The number of nitrogens with zero attached hydrogens (tertiary/aromatic N) is 6. The van der Waals surface area contributed by atoms with E-state index in [1.807, 2.05) is 0 Å². The average Bonchev–Trinajstić information content (AvgIpc) is 3.10. The topological polar surface area (TPSA) is 98.0 Å². The van der Waals surface area contributed by atoms with Crippen LogP contribution in [0, 0.1) is 0 Å². The number of benzene rings is 1. The highest BCUT2D eigenvalue weighted by molar-refractivity contribution is 5.82. The molecule has 0 fully saturated rings. The normalized spacial score (nSPS) is 11.7. The highest BCUT2D eigenvalue weighted by atomic mass is 19.4. The van der Waals surface area contributed by atoms with Crippen molar-refractivity contribution < 1.29 is 18.0 Å². The maximum atomic E-state index is 12.8. The number of rotatable bonds is 5. The van der Waals surface area contributed by atoms with Gasteiger partial charge in [-0.25, -0.2) is 5.43 Å². The fraction of sp³-hybridized carbons (Fsp3) is 0.125. The molecule has 1 aromatic carbocycles. The highest BCUT2D eigenvalue weighted by Crippen LogP contribution is 2.31. The highest BCUT2D eigenvalue weighted by Gasteiger charge is 2.30. The van der Waals surface area contributed by atoms with E-state index in [-0.39, 0.29) is 17.9 Å². The fourth-order valence-corrected chi connectivity index (χ4v) is 2.05. The van der Waals surface area contributed by atoms with Gasteiger partial charge in [-0.05, 0) is 35.0 Å². The maximum absolute atomic E-state index is 12.8. The van der Waals surface area contributed by atoms with Crippen LogP contribution in [0.1, 0.15) is 11.1 Å². The number of hydrazone groups is 1. The maximum Gasteiger partial charge on any atom is 0.416 e. The fourth-order valence-electron chi connectivity index (χ4n) is 2.05. The minimum Gasteiger partial charge on any atom is -0.271 e. The molecular weight excluding hydrogens is 363 g/mol. The van der Waals surface area contributed by atoms with Gasteiger partial charge in [-0.1, -0.05) is 12.1 Å². The van der Waals surface area contributed by atoms with E-state index < -0.39 is 17.6 Å². The minimum absolute atomic E-state index is 0.0193. The lowest BCUT2D eigenvalue weighted by molar-refractivity contribution is -0.137. The molecule has 0 saturated heterocycles. The van der Waals surface area contributed by atoms with Crippen molar-refractivity contribution in [2.24, 2.45) is 5.10 Å². The van der Waals surface area contributed by atoms with Gasteiger partial charge in [0.05, 0.1) is 11.8 Å². The van der Waals surface area contributed by atoms with Gasteiger partial charge in [0.25, 0.3) is 5.91 Å². The van der Waals surface area contributed by atoms with Crippen molar-refractivity contribution in [1.82, 2.24) is 30.6 Å². The van der Waals surface area contributed by atoms with Gasteiger partial charge in [-0.3, -0.25) is 9.78 Å². The molecule has 1 N–H and O–H groups in total. The Bertz CT molecular complexity index is 954. The second-order valence-electron chi connectivity index (χ2n) is 5.30. The van der Waals surface area contributed by atoms with Crippen LogP contribution < -0.4 is 5.43 Å². The second-order valence-corrected chi connectivity index (χ2v) is 5.30. The first-order valence-corrected chi connectivity index (χ1v) is 7.59. The summed E-state index contributed by atoms with van der Waals surface area (Å²) in [5.41, 5.74) is 2.36. The van der Waals surface area contributed by atoms with E-state index >= 15 is 0 Å². The van der Waals surface area contributed by atoms with Gasteiger partial charge in [0.2, 0.25) is 5.82 Å². The zero-order chi connectivity index (χ0) is 19.3. The van der Waals surface area contributed by atoms with Gasteiger partial charge in [-0.2, -0.15) is 23.1 Å². The van der Waals surface area contributed by atoms with Gasteiger partial charge in [0.15, 0.2) is 0 Å². The van der Waals surface area contributed by atoms with E-state index in [1.54, 1.807) is 24.5 Å². The Balaban J connectivity index is 1.62. The summed E-state index contributed by atoms with van der Waals surface area (Å²) in [5, 5.41) is 15.0. The Morgan fingerprint density at radius 1 is 1.22 bits per heavy atom. The first-order valence-electron chi connectivity index (χ1n) is 7.59. The molecule has 0 aliphatic carbocycles. The Morgan fingerprint density at radius 3 is 2.74 bits per heavy atom. The van der Waals surface area contributed by atoms with Gasteiger partial charge >= 0.3 is 6.18 Å². The summed E-state index contributed by atoms with van der Waals surface area (Å²) in [5.74, 6) is -0.539. The molecule has 3 rings (SSSR count). The number of nitrogens with one attached hydrogen (secondary N) is 1. The van der Waals surface area contributed by atoms with Crippen LogP contribution in [0.2, 0.25) is 0 Å². The standard InChI is InChI=1S/C16H12F3N7O/c17-16(18,19)13-3-1-2-12(8-13)15-23-25-26(24-15)10-14(27)22-21-9-11-4-6-20-7-5-11/h1-9H,10H2,(H,22,27)/b21-9-. The molecular formula is C16H12F3N7O. The summed E-state index contributed by atoms with van der Waals surface area (Å²) >= 11 is 0. The summed E-state index contributed by atoms with van der Waals surface area (Å²) in [6, 6.07) is 7.95. The van der Waals surface area contributed by atoms with Crippen LogP contribution in [-0.4, -0.2) is 37.3 Å². The van der Waals surface area contributed by atoms with Crippen LogP contribution in [0.5, 0.6) is 0 Å². The van der Waals surface area contributed by atoms with Crippen molar-refractivity contribution in [2.45, 2.75) is 12.7 Å². The molecule has 0 aliphatic rings. The molecule has 2 aromatic heterocycles. The monoisotopic (exact) mass is 375 g/mol. The number of carbonyl (C=O) groups is 1. The van der Waals surface area contributed by atoms with Crippen LogP contribution in [0.3, 0.4) is 0 Å². The smallest absolute Gasteiger partial charge is 0.271 e. The van der Waals surface area contributed by atoms with E-state index in [2.05, 4.69) is 30.9 Å². The van der Waals surface area contributed by atoms with Crippen LogP contribution in [0.4, 0.5) is 13.2 Å². The molecule has 0 aliphatic heterocycles. The summed E-state index contributed by atoms with van der Waals surface area (Å²) in [6.45, 7) is -0.292. The van der Waals surface area contributed by atoms with Gasteiger partial charge < -0.3 is 0 Å². The molecule has 138 valence electrons. The molecule has 0 bridgehead atoms. The third-order valence-electron chi connectivity index (χ3n) is 3.29. The first-order chi connectivity index (χ1) is 12.9. The predicted molar refractivity (Wildman–Crippen MR) is 88.2 cm³/mol. The van der Waals surface area contributed by atoms with E-state index in [0.717, 1.165) is 22.5 Å². The second kappa shape index (κ2) is 7.72. The van der Waals surface area contributed by atoms with Gasteiger partial charge in [0.1, 0.15) is 6.54 Å². The molecule has 8 nitrogen and oxygen atoms in total. The zero-order valence-electron chi connectivity index (χ0n) is 13.6. The summed E-state index contributed by atoms with van der Waals surface area (Å²) in [6.07, 6.45) is 0.122. The van der Waals surface area contributed by atoms with Crippen molar-refractivity contribution in [3.63, 3.8) is 0 Å². The molecule has 0 unspecified atom stereocenters. The third-order valence-corrected chi connectivity index (χ3v) is 3.29. The lowest BCUT2D eigenvalue weighted by atomic mass is 10.1.